The molecule has 0 saturated heterocycles. The van der Waals surface area contributed by atoms with Crippen LogP contribution in [0.25, 0.3) is 11.3 Å². The van der Waals surface area contributed by atoms with Gasteiger partial charge in [-0.15, -0.1) is 0 Å². The fourth-order valence-corrected chi connectivity index (χ4v) is 2.75. The van der Waals surface area contributed by atoms with Crippen LogP contribution < -0.4 is 0 Å². The van der Waals surface area contributed by atoms with Crippen LogP contribution in [0.15, 0.2) is 28.7 Å². The predicted molar refractivity (Wildman–Crippen MR) is 68.4 cm³/mol. The number of aromatic nitrogens is 2. The molecule has 2 nitrogen and oxygen atoms in total. The van der Waals surface area contributed by atoms with Crippen molar-refractivity contribution in [1.29, 1.82) is 0 Å². The summed E-state index contributed by atoms with van der Waals surface area (Å²) >= 11 is 3.51. The first-order valence-corrected chi connectivity index (χ1v) is 6.46. The zero-order valence-corrected chi connectivity index (χ0v) is 10.5. The van der Waals surface area contributed by atoms with Gasteiger partial charge in [-0.25, -0.2) is 0 Å². The van der Waals surface area contributed by atoms with Crippen LogP contribution in [0, 0.1) is 0 Å². The van der Waals surface area contributed by atoms with Gasteiger partial charge in [0.05, 0.1) is 5.69 Å². The first kappa shape index (κ1) is 10.1. The fraction of sp³-hybridized carbons (Fsp3) is 0.308. The number of aryl methyl sites for hydroxylation is 1. The number of fused-ring (bicyclic) bond motifs is 1. The summed E-state index contributed by atoms with van der Waals surface area (Å²) < 4.78 is 1.11. The number of halogens is 1. The highest BCUT2D eigenvalue weighted by Gasteiger charge is 2.17. The molecular formula is C13H13BrN2. The highest BCUT2D eigenvalue weighted by atomic mass is 79.9. The van der Waals surface area contributed by atoms with E-state index >= 15 is 0 Å². The summed E-state index contributed by atoms with van der Waals surface area (Å²) in [7, 11) is 0. The third-order valence-corrected chi connectivity index (χ3v) is 3.65. The van der Waals surface area contributed by atoms with Crippen molar-refractivity contribution >= 4 is 15.9 Å². The summed E-state index contributed by atoms with van der Waals surface area (Å²) in [6, 6.07) is 8.35. The maximum absolute atomic E-state index is 4.46. The van der Waals surface area contributed by atoms with Gasteiger partial charge in [0.25, 0.3) is 0 Å². The first-order valence-electron chi connectivity index (χ1n) is 5.66. The summed E-state index contributed by atoms with van der Waals surface area (Å²) in [4.78, 5) is 0. The van der Waals surface area contributed by atoms with Gasteiger partial charge < -0.3 is 0 Å². The molecule has 1 aromatic heterocycles. The van der Waals surface area contributed by atoms with Crippen LogP contribution in [0.1, 0.15) is 24.1 Å². The molecule has 1 aliphatic rings. The third kappa shape index (κ3) is 1.69. The van der Waals surface area contributed by atoms with Gasteiger partial charge in [0, 0.05) is 21.3 Å². The molecule has 2 aromatic rings. The topological polar surface area (TPSA) is 28.7 Å². The van der Waals surface area contributed by atoms with Crippen molar-refractivity contribution in [3.63, 3.8) is 0 Å². The summed E-state index contributed by atoms with van der Waals surface area (Å²) in [5.41, 5.74) is 5.09. The SMILES string of the molecule is Brc1cccc(-c2n[nH]c3c2CCCC3)c1. The Hall–Kier alpha value is -1.09. The van der Waals surface area contributed by atoms with E-state index in [2.05, 4.69) is 44.3 Å². The van der Waals surface area contributed by atoms with Crippen molar-refractivity contribution in [3.05, 3.63) is 40.0 Å². The lowest BCUT2D eigenvalue weighted by Crippen LogP contribution is -2.01. The van der Waals surface area contributed by atoms with E-state index in [9.17, 15) is 0 Å². The Bertz CT molecular complexity index is 516. The Balaban J connectivity index is 2.09. The third-order valence-electron chi connectivity index (χ3n) is 3.15. The number of nitrogens with one attached hydrogen (secondary N) is 1. The molecule has 0 fully saturated rings. The molecule has 0 radical (unpaired) electrons. The van der Waals surface area contributed by atoms with Crippen molar-refractivity contribution in [2.24, 2.45) is 0 Å². The lowest BCUT2D eigenvalue weighted by molar-refractivity contribution is 0.675. The zero-order chi connectivity index (χ0) is 11.0. The van der Waals surface area contributed by atoms with Crippen LogP contribution in [0.3, 0.4) is 0 Å². The van der Waals surface area contributed by atoms with Crippen molar-refractivity contribution in [2.75, 3.05) is 0 Å². The molecule has 0 atom stereocenters. The molecular weight excluding hydrogens is 264 g/mol. The molecule has 0 bridgehead atoms. The molecule has 0 saturated carbocycles. The molecule has 1 aliphatic carbocycles. The molecule has 3 heteroatoms. The molecule has 1 heterocycles. The number of aromatic amines is 1. The number of hydrogen-bond donors (Lipinski definition) is 1. The lowest BCUT2D eigenvalue weighted by atomic mass is 9.94. The van der Waals surface area contributed by atoms with Crippen LogP contribution in [0.4, 0.5) is 0 Å². The lowest BCUT2D eigenvalue weighted by Gasteiger charge is -2.11. The van der Waals surface area contributed by atoms with E-state index in [0.717, 1.165) is 23.0 Å². The second-order valence-electron chi connectivity index (χ2n) is 4.25. The average Bonchev–Trinajstić information content (AvgIpc) is 2.72. The molecule has 3 rings (SSSR count). The Morgan fingerprint density at radius 3 is 2.94 bits per heavy atom. The van der Waals surface area contributed by atoms with Crippen molar-refractivity contribution in [2.45, 2.75) is 25.7 Å². The van der Waals surface area contributed by atoms with Crippen LogP contribution in [-0.2, 0) is 12.8 Å². The van der Waals surface area contributed by atoms with Gasteiger partial charge in [-0.05, 0) is 37.8 Å². The summed E-state index contributed by atoms with van der Waals surface area (Å²) in [6.45, 7) is 0. The van der Waals surface area contributed by atoms with E-state index in [0.29, 0.717) is 0 Å². The monoisotopic (exact) mass is 276 g/mol. The Morgan fingerprint density at radius 1 is 1.19 bits per heavy atom. The van der Waals surface area contributed by atoms with Crippen LogP contribution in [-0.4, -0.2) is 10.2 Å². The number of hydrogen-bond acceptors (Lipinski definition) is 1. The quantitative estimate of drug-likeness (QED) is 0.845. The van der Waals surface area contributed by atoms with Gasteiger partial charge in [-0.1, -0.05) is 28.1 Å². The maximum Gasteiger partial charge on any atom is 0.0955 e. The zero-order valence-electron chi connectivity index (χ0n) is 8.96. The molecule has 0 amide bonds. The van der Waals surface area contributed by atoms with Gasteiger partial charge in [-0.2, -0.15) is 5.10 Å². The van der Waals surface area contributed by atoms with Gasteiger partial charge in [-0.3, -0.25) is 5.10 Å². The average molecular weight is 277 g/mol. The standard InChI is InChI=1S/C13H13BrN2/c14-10-5-3-4-9(8-10)13-11-6-1-2-7-12(11)15-16-13/h3-5,8H,1-2,6-7H2,(H,15,16). The van der Waals surface area contributed by atoms with Crippen molar-refractivity contribution in [3.8, 4) is 11.3 Å². The highest BCUT2D eigenvalue weighted by molar-refractivity contribution is 9.10. The van der Waals surface area contributed by atoms with E-state index in [1.807, 2.05) is 6.07 Å². The van der Waals surface area contributed by atoms with Gasteiger partial charge in [0.2, 0.25) is 0 Å². The molecule has 82 valence electrons. The number of rotatable bonds is 1. The number of H-pyrrole nitrogens is 1. The van der Waals surface area contributed by atoms with Crippen LogP contribution >= 0.6 is 15.9 Å². The van der Waals surface area contributed by atoms with Gasteiger partial charge >= 0.3 is 0 Å². The summed E-state index contributed by atoms with van der Waals surface area (Å²) in [6.07, 6.45) is 4.88. The minimum Gasteiger partial charge on any atom is -0.282 e. The second kappa shape index (κ2) is 4.06. The van der Waals surface area contributed by atoms with Gasteiger partial charge in [0.1, 0.15) is 0 Å². The molecule has 0 unspecified atom stereocenters. The largest absolute Gasteiger partial charge is 0.282 e. The highest BCUT2D eigenvalue weighted by Crippen LogP contribution is 2.30. The van der Waals surface area contributed by atoms with E-state index in [1.165, 1.54) is 29.7 Å². The van der Waals surface area contributed by atoms with Crippen LogP contribution in [0.2, 0.25) is 0 Å². The molecule has 0 spiro atoms. The summed E-state index contributed by atoms with van der Waals surface area (Å²) in [5, 5.41) is 7.64. The van der Waals surface area contributed by atoms with E-state index < -0.39 is 0 Å². The molecule has 0 aliphatic heterocycles. The van der Waals surface area contributed by atoms with Gasteiger partial charge in [0.15, 0.2) is 0 Å². The Kier molecular flexibility index (Phi) is 2.56. The normalized spacial score (nSPS) is 14.8. The minimum atomic E-state index is 1.11. The molecule has 1 aromatic carbocycles. The van der Waals surface area contributed by atoms with Crippen molar-refractivity contribution < 1.29 is 0 Å². The summed E-state index contributed by atoms with van der Waals surface area (Å²) in [5.74, 6) is 0. The fourth-order valence-electron chi connectivity index (χ4n) is 2.36. The first-order chi connectivity index (χ1) is 7.84. The van der Waals surface area contributed by atoms with Crippen LogP contribution in [0.5, 0.6) is 0 Å². The smallest absolute Gasteiger partial charge is 0.0955 e. The number of nitrogens with zero attached hydrogens (tertiary/aromatic N) is 1. The second-order valence-corrected chi connectivity index (χ2v) is 5.16. The Morgan fingerprint density at radius 2 is 2.06 bits per heavy atom. The Labute approximate surface area is 103 Å². The van der Waals surface area contributed by atoms with E-state index in [1.54, 1.807) is 0 Å². The van der Waals surface area contributed by atoms with E-state index in [-0.39, 0.29) is 0 Å². The number of benzene rings is 1. The molecule has 16 heavy (non-hydrogen) atoms. The maximum atomic E-state index is 4.46. The predicted octanol–water partition coefficient (Wildman–Crippen LogP) is 3.72. The molecule has 1 N–H and O–H groups in total. The van der Waals surface area contributed by atoms with Crippen molar-refractivity contribution in [1.82, 2.24) is 10.2 Å². The van der Waals surface area contributed by atoms with E-state index in [4.69, 9.17) is 0 Å². The minimum absolute atomic E-state index is 1.11.